The third kappa shape index (κ3) is 4.83. The third-order valence-electron chi connectivity index (χ3n) is 6.27. The fourth-order valence-corrected chi connectivity index (χ4v) is 5.78. The lowest BCUT2D eigenvalue weighted by Crippen LogP contribution is -2.43. The van der Waals surface area contributed by atoms with Gasteiger partial charge in [-0.3, -0.25) is 9.79 Å². The van der Waals surface area contributed by atoms with Crippen molar-refractivity contribution < 1.29 is 4.79 Å². The number of nitrogens with zero attached hydrogens (tertiary/aromatic N) is 4. The number of aliphatic imine (C=N–C) groups is 1. The molecule has 1 aromatic carbocycles. The second-order valence-corrected chi connectivity index (χ2v) is 10.5. The van der Waals surface area contributed by atoms with Gasteiger partial charge in [-0.2, -0.15) is 0 Å². The Balaban J connectivity index is 1.52. The number of benzene rings is 1. The minimum atomic E-state index is 0.0704. The van der Waals surface area contributed by atoms with E-state index in [2.05, 4.69) is 72.4 Å². The molecule has 31 heavy (non-hydrogen) atoms. The third-order valence-corrected chi connectivity index (χ3v) is 7.78. The molecule has 0 saturated carbocycles. The van der Waals surface area contributed by atoms with Crippen LogP contribution in [0, 0.1) is 6.92 Å². The van der Waals surface area contributed by atoms with Crippen LogP contribution in [0.25, 0.3) is 5.31 Å². The summed E-state index contributed by atoms with van der Waals surface area (Å²) in [5, 5.41) is 1.12. The Morgan fingerprint density at radius 2 is 1.94 bits per heavy atom. The number of fused-ring (bicyclic) bond motifs is 1. The van der Waals surface area contributed by atoms with Crippen LogP contribution in [0.3, 0.4) is 0 Å². The average molecular weight is 437 g/mol. The lowest BCUT2D eigenvalue weighted by molar-refractivity contribution is -0.123. The van der Waals surface area contributed by atoms with Crippen LogP contribution in [-0.2, 0) is 4.79 Å². The van der Waals surface area contributed by atoms with Gasteiger partial charge in [0, 0.05) is 37.1 Å². The molecule has 3 aliphatic heterocycles. The van der Waals surface area contributed by atoms with E-state index in [1.807, 2.05) is 24.8 Å². The molecule has 5 nitrogen and oxygen atoms in total. The zero-order valence-electron chi connectivity index (χ0n) is 19.2. The van der Waals surface area contributed by atoms with Crippen LogP contribution < -0.4 is 0 Å². The van der Waals surface area contributed by atoms with Gasteiger partial charge >= 0.3 is 0 Å². The largest absolute Gasteiger partial charge is 0.370 e. The van der Waals surface area contributed by atoms with Crippen molar-refractivity contribution in [2.45, 2.75) is 45.4 Å². The lowest BCUT2D eigenvalue weighted by atomic mass is 10.0. The molecule has 0 radical (unpaired) electrons. The van der Waals surface area contributed by atoms with Crippen LogP contribution in [0.1, 0.15) is 37.8 Å². The molecular formula is C25H33N4OP. The molecule has 2 atom stereocenters. The first kappa shape index (κ1) is 22.0. The maximum atomic E-state index is 13.0. The van der Waals surface area contributed by atoms with Crippen LogP contribution in [0.15, 0.2) is 53.3 Å². The SMILES string of the molecule is CC(C)=Nc1cc(C2=CC(=O)N3C=C(N4CCC(N(C)C)CC4)C=CC3P2)ccc1C. The molecule has 0 aliphatic carbocycles. The molecule has 1 aromatic rings. The van der Waals surface area contributed by atoms with Crippen LogP contribution in [0.4, 0.5) is 5.69 Å². The Kier molecular flexibility index (Phi) is 6.45. The van der Waals surface area contributed by atoms with Crippen molar-refractivity contribution in [3.63, 3.8) is 0 Å². The van der Waals surface area contributed by atoms with E-state index in [1.165, 1.54) is 0 Å². The van der Waals surface area contributed by atoms with Gasteiger partial charge in [-0.15, -0.1) is 0 Å². The summed E-state index contributed by atoms with van der Waals surface area (Å²) in [6.07, 6.45) is 10.6. The summed E-state index contributed by atoms with van der Waals surface area (Å²) < 4.78 is 0. The Labute approximate surface area is 188 Å². The summed E-state index contributed by atoms with van der Waals surface area (Å²) in [6.45, 7) is 8.18. The number of carbonyl (C=O) groups excluding carboxylic acids is 1. The molecule has 0 bridgehead atoms. The first-order valence-electron chi connectivity index (χ1n) is 11.1. The van der Waals surface area contributed by atoms with Crippen molar-refractivity contribution in [1.82, 2.24) is 14.7 Å². The van der Waals surface area contributed by atoms with E-state index < -0.39 is 0 Å². The maximum absolute atomic E-state index is 13.0. The highest BCUT2D eigenvalue weighted by molar-refractivity contribution is 7.51. The second kappa shape index (κ2) is 9.10. The number of piperidine rings is 1. The average Bonchev–Trinajstić information content (AvgIpc) is 2.75. The summed E-state index contributed by atoms with van der Waals surface area (Å²) >= 11 is 0. The molecule has 2 unspecified atom stereocenters. The summed E-state index contributed by atoms with van der Waals surface area (Å²) in [4.78, 5) is 24.3. The lowest BCUT2D eigenvalue weighted by Gasteiger charge is -2.40. The van der Waals surface area contributed by atoms with Gasteiger partial charge in [0.25, 0.3) is 5.91 Å². The quantitative estimate of drug-likeness (QED) is 0.506. The first-order chi connectivity index (χ1) is 14.8. The van der Waals surface area contributed by atoms with Gasteiger partial charge in [0.2, 0.25) is 0 Å². The van der Waals surface area contributed by atoms with Gasteiger partial charge in [0.05, 0.1) is 17.2 Å². The molecule has 1 saturated heterocycles. The van der Waals surface area contributed by atoms with E-state index in [-0.39, 0.29) is 11.7 Å². The number of hydrogen-bond acceptors (Lipinski definition) is 4. The number of carbonyl (C=O) groups is 1. The van der Waals surface area contributed by atoms with Gasteiger partial charge in [-0.25, -0.2) is 0 Å². The number of hydrogen-bond donors (Lipinski definition) is 0. The van der Waals surface area contributed by atoms with E-state index in [9.17, 15) is 4.79 Å². The van der Waals surface area contributed by atoms with Crippen LogP contribution in [0.5, 0.6) is 0 Å². The highest BCUT2D eigenvalue weighted by Crippen LogP contribution is 2.45. The van der Waals surface area contributed by atoms with Crippen molar-refractivity contribution in [2.75, 3.05) is 27.2 Å². The topological polar surface area (TPSA) is 39.2 Å². The monoisotopic (exact) mass is 436 g/mol. The molecule has 0 aromatic heterocycles. The van der Waals surface area contributed by atoms with Crippen LogP contribution in [0.2, 0.25) is 0 Å². The molecule has 1 amide bonds. The Hall–Kier alpha value is -2.23. The zero-order valence-corrected chi connectivity index (χ0v) is 20.2. The Morgan fingerprint density at radius 3 is 2.61 bits per heavy atom. The number of aryl methyl sites for hydroxylation is 1. The molecule has 0 spiro atoms. The smallest absolute Gasteiger partial charge is 0.252 e. The van der Waals surface area contributed by atoms with Crippen molar-refractivity contribution in [3.05, 3.63) is 59.5 Å². The predicted octanol–water partition coefficient (Wildman–Crippen LogP) is 4.73. The molecule has 164 valence electrons. The maximum Gasteiger partial charge on any atom is 0.252 e. The molecule has 0 N–H and O–H groups in total. The van der Waals surface area contributed by atoms with Gasteiger partial charge in [-0.1, -0.05) is 26.8 Å². The molecule has 4 rings (SSSR count). The van der Waals surface area contributed by atoms with E-state index >= 15 is 0 Å². The van der Waals surface area contributed by atoms with E-state index in [0.717, 1.165) is 59.5 Å². The van der Waals surface area contributed by atoms with E-state index in [1.54, 1.807) is 0 Å². The van der Waals surface area contributed by atoms with Crippen molar-refractivity contribution in [1.29, 1.82) is 0 Å². The Morgan fingerprint density at radius 1 is 1.19 bits per heavy atom. The summed E-state index contributed by atoms with van der Waals surface area (Å²) in [6, 6.07) is 6.99. The normalized spacial score (nSPS) is 22.5. The van der Waals surface area contributed by atoms with Gasteiger partial charge in [0.1, 0.15) is 0 Å². The highest BCUT2D eigenvalue weighted by atomic mass is 31.1. The van der Waals surface area contributed by atoms with Crippen LogP contribution >= 0.6 is 8.58 Å². The zero-order chi connectivity index (χ0) is 22.1. The highest BCUT2D eigenvalue weighted by Gasteiger charge is 2.30. The van der Waals surface area contributed by atoms with Gasteiger partial charge < -0.3 is 14.7 Å². The fourth-order valence-electron chi connectivity index (χ4n) is 4.40. The number of likely N-dealkylation sites (tertiary alicyclic amines) is 1. The van der Waals surface area contributed by atoms with Gasteiger partial charge in [-0.05, 0) is 76.3 Å². The summed E-state index contributed by atoms with van der Waals surface area (Å²) in [5.41, 5.74) is 5.44. The minimum Gasteiger partial charge on any atom is -0.370 e. The molecule has 1 fully saturated rings. The molecule has 6 heteroatoms. The van der Waals surface area contributed by atoms with E-state index in [0.29, 0.717) is 14.6 Å². The molecular weight excluding hydrogens is 403 g/mol. The van der Waals surface area contributed by atoms with Crippen LogP contribution in [-0.4, -0.2) is 65.3 Å². The number of allylic oxidation sites excluding steroid dienone is 1. The summed E-state index contributed by atoms with van der Waals surface area (Å²) in [5.74, 6) is 0.179. The fraction of sp³-hybridized carbons (Fsp3) is 0.440. The standard InChI is InChI=1S/C25H33N4OP/c1-17(2)26-22-14-19(7-6-18(22)3)23-15-24(30)29-16-21(8-9-25(29)31-23)28-12-10-20(11-13-28)27(4)5/h6-9,14-16,20,25,31H,10-13H2,1-5H3. The number of rotatable bonds is 4. The van der Waals surface area contributed by atoms with E-state index in [4.69, 9.17) is 0 Å². The second-order valence-electron chi connectivity index (χ2n) is 9.05. The van der Waals surface area contributed by atoms with Crippen molar-refractivity contribution >= 4 is 31.2 Å². The van der Waals surface area contributed by atoms with Crippen molar-refractivity contribution in [2.24, 2.45) is 4.99 Å². The molecule has 3 heterocycles. The van der Waals surface area contributed by atoms with Crippen molar-refractivity contribution in [3.8, 4) is 0 Å². The predicted molar refractivity (Wildman–Crippen MR) is 132 cm³/mol. The Bertz CT molecular complexity index is 979. The van der Waals surface area contributed by atoms with Gasteiger partial charge in [0.15, 0.2) is 0 Å². The molecule has 3 aliphatic rings. The minimum absolute atomic E-state index is 0.0704. The first-order valence-corrected chi connectivity index (χ1v) is 12.1. The number of amides is 1. The summed E-state index contributed by atoms with van der Waals surface area (Å²) in [7, 11) is 4.85.